The summed E-state index contributed by atoms with van der Waals surface area (Å²) in [7, 11) is 0. The molecule has 126 valence electrons. The van der Waals surface area contributed by atoms with Gasteiger partial charge < -0.3 is 15.4 Å². The predicted molar refractivity (Wildman–Crippen MR) is 89.8 cm³/mol. The molecule has 1 amide bonds. The Morgan fingerprint density at radius 3 is 2.62 bits per heavy atom. The average Bonchev–Trinajstić information content (AvgIpc) is 2.62. The zero-order valence-corrected chi connectivity index (χ0v) is 13.4. The van der Waals surface area contributed by atoms with Crippen LogP contribution in [0.2, 0.25) is 0 Å². The zero-order chi connectivity index (χ0) is 16.9. The van der Waals surface area contributed by atoms with Gasteiger partial charge in [0.15, 0.2) is 0 Å². The Kier molecular flexibility index (Phi) is 5.23. The summed E-state index contributed by atoms with van der Waals surface area (Å²) in [6.07, 6.45) is 0.269. The topological polar surface area (TPSA) is 55.6 Å². The first-order valence-electron chi connectivity index (χ1n) is 8.09. The molecule has 0 spiro atoms. The van der Waals surface area contributed by atoms with E-state index in [0.29, 0.717) is 26.1 Å². The molecule has 0 aliphatic carbocycles. The van der Waals surface area contributed by atoms with E-state index in [1.54, 1.807) is 17.0 Å². The highest BCUT2D eigenvalue weighted by atomic mass is 19.1. The first-order chi connectivity index (χ1) is 11.6. The second-order valence-electron chi connectivity index (χ2n) is 5.99. The quantitative estimate of drug-likeness (QED) is 0.937. The monoisotopic (exact) mass is 328 g/mol. The van der Waals surface area contributed by atoms with Crippen molar-refractivity contribution in [2.24, 2.45) is 5.73 Å². The van der Waals surface area contributed by atoms with Crippen molar-refractivity contribution in [3.05, 3.63) is 71.5 Å². The van der Waals surface area contributed by atoms with E-state index in [0.717, 1.165) is 11.1 Å². The van der Waals surface area contributed by atoms with Gasteiger partial charge in [0.1, 0.15) is 11.9 Å². The van der Waals surface area contributed by atoms with E-state index in [1.807, 2.05) is 30.3 Å². The smallest absolute Gasteiger partial charge is 0.240 e. The van der Waals surface area contributed by atoms with E-state index < -0.39 is 6.04 Å². The molecule has 2 atom stereocenters. The fourth-order valence-electron chi connectivity index (χ4n) is 2.92. The van der Waals surface area contributed by atoms with Crippen molar-refractivity contribution in [1.29, 1.82) is 0 Å². The Bertz CT molecular complexity index is 676. The Morgan fingerprint density at radius 1 is 1.21 bits per heavy atom. The molecule has 2 N–H and O–H groups in total. The van der Waals surface area contributed by atoms with Gasteiger partial charge in [-0.3, -0.25) is 4.79 Å². The van der Waals surface area contributed by atoms with Crippen LogP contribution in [0.1, 0.15) is 17.2 Å². The average molecular weight is 328 g/mol. The molecule has 5 heteroatoms. The number of amides is 1. The lowest BCUT2D eigenvalue weighted by atomic mass is 10.0. The van der Waals surface area contributed by atoms with E-state index in [-0.39, 0.29) is 17.8 Å². The summed E-state index contributed by atoms with van der Waals surface area (Å²) in [6, 6.07) is 15.4. The number of hydrogen-bond acceptors (Lipinski definition) is 3. The lowest BCUT2D eigenvalue weighted by molar-refractivity contribution is -0.140. The molecule has 2 aromatic rings. The first kappa shape index (κ1) is 16.6. The van der Waals surface area contributed by atoms with Crippen molar-refractivity contribution in [2.45, 2.75) is 18.6 Å². The summed E-state index contributed by atoms with van der Waals surface area (Å²) in [4.78, 5) is 14.4. The highest BCUT2D eigenvalue weighted by molar-refractivity contribution is 5.82. The number of nitrogens with two attached hydrogens (primary N) is 1. The van der Waals surface area contributed by atoms with Gasteiger partial charge in [-0.25, -0.2) is 4.39 Å². The predicted octanol–water partition coefficient (Wildman–Crippen LogP) is 2.30. The highest BCUT2D eigenvalue weighted by Crippen LogP contribution is 2.23. The van der Waals surface area contributed by atoms with Crippen LogP contribution in [0.5, 0.6) is 0 Å². The molecule has 4 nitrogen and oxygen atoms in total. The van der Waals surface area contributed by atoms with Gasteiger partial charge in [0.05, 0.1) is 19.2 Å². The minimum atomic E-state index is -0.570. The van der Waals surface area contributed by atoms with Gasteiger partial charge in [0.2, 0.25) is 5.91 Å². The van der Waals surface area contributed by atoms with E-state index in [1.165, 1.54) is 12.1 Å². The summed E-state index contributed by atoms with van der Waals surface area (Å²) < 4.78 is 18.8. The number of halogens is 1. The van der Waals surface area contributed by atoms with Gasteiger partial charge in [0.25, 0.3) is 0 Å². The molecule has 1 aliphatic rings. The maximum Gasteiger partial charge on any atom is 0.240 e. The van der Waals surface area contributed by atoms with Gasteiger partial charge in [-0.05, 0) is 29.7 Å². The third-order valence-corrected chi connectivity index (χ3v) is 4.24. The summed E-state index contributed by atoms with van der Waals surface area (Å²) in [6.45, 7) is 1.41. The van der Waals surface area contributed by atoms with Gasteiger partial charge in [0, 0.05) is 6.54 Å². The molecule has 1 saturated heterocycles. The van der Waals surface area contributed by atoms with Crippen molar-refractivity contribution >= 4 is 5.91 Å². The van der Waals surface area contributed by atoms with Crippen LogP contribution >= 0.6 is 0 Å². The number of carbonyl (C=O) groups excluding carboxylic acids is 1. The Balaban J connectivity index is 1.63. The minimum Gasteiger partial charge on any atom is -0.370 e. The molecule has 1 aliphatic heterocycles. The Morgan fingerprint density at radius 2 is 1.92 bits per heavy atom. The fraction of sp³-hybridized carbons (Fsp3) is 0.316. The van der Waals surface area contributed by atoms with Crippen molar-refractivity contribution in [2.75, 3.05) is 19.7 Å². The van der Waals surface area contributed by atoms with Crippen LogP contribution in [-0.4, -0.2) is 36.5 Å². The van der Waals surface area contributed by atoms with Crippen LogP contribution in [0.3, 0.4) is 0 Å². The molecule has 1 heterocycles. The standard InChI is InChI=1S/C19H21FN2O2/c20-16-8-6-15(7-9-16)18-13-22(10-11-24-18)19(23)17(21)12-14-4-2-1-3-5-14/h1-9,17-18H,10-13,21H2/t17-,18?/m0/s1. The lowest BCUT2D eigenvalue weighted by Crippen LogP contribution is -2.50. The SMILES string of the molecule is N[C@@H](Cc1ccccc1)C(=O)N1CCOC(c2ccc(F)cc2)C1. The van der Waals surface area contributed by atoms with Gasteiger partial charge in [-0.2, -0.15) is 0 Å². The van der Waals surface area contributed by atoms with Crippen LogP contribution in [0.25, 0.3) is 0 Å². The lowest BCUT2D eigenvalue weighted by Gasteiger charge is -2.34. The highest BCUT2D eigenvalue weighted by Gasteiger charge is 2.28. The Labute approximate surface area is 141 Å². The molecule has 24 heavy (non-hydrogen) atoms. The van der Waals surface area contributed by atoms with Gasteiger partial charge in [-0.1, -0.05) is 42.5 Å². The number of benzene rings is 2. The van der Waals surface area contributed by atoms with Crippen LogP contribution in [0, 0.1) is 5.82 Å². The molecule has 0 saturated carbocycles. The molecular weight excluding hydrogens is 307 g/mol. The molecule has 0 aromatic heterocycles. The molecular formula is C19H21FN2O2. The number of hydrogen-bond donors (Lipinski definition) is 1. The minimum absolute atomic E-state index is 0.0748. The maximum atomic E-state index is 13.0. The third-order valence-electron chi connectivity index (χ3n) is 4.24. The van der Waals surface area contributed by atoms with E-state index in [9.17, 15) is 9.18 Å². The molecule has 1 unspecified atom stereocenters. The van der Waals surface area contributed by atoms with Crippen LogP contribution in [0.4, 0.5) is 4.39 Å². The summed E-state index contributed by atoms with van der Waals surface area (Å²) in [5, 5.41) is 0. The van der Waals surface area contributed by atoms with E-state index in [2.05, 4.69) is 0 Å². The van der Waals surface area contributed by atoms with Gasteiger partial charge in [-0.15, -0.1) is 0 Å². The van der Waals surface area contributed by atoms with Crippen molar-refractivity contribution < 1.29 is 13.9 Å². The number of carbonyl (C=O) groups is 1. The number of rotatable bonds is 4. The normalized spacial score (nSPS) is 19.1. The van der Waals surface area contributed by atoms with Crippen molar-refractivity contribution in [3.63, 3.8) is 0 Å². The molecule has 0 bridgehead atoms. The zero-order valence-electron chi connectivity index (χ0n) is 13.4. The van der Waals surface area contributed by atoms with Gasteiger partial charge >= 0.3 is 0 Å². The summed E-state index contributed by atoms with van der Waals surface area (Å²) >= 11 is 0. The summed E-state index contributed by atoms with van der Waals surface area (Å²) in [5.74, 6) is -0.360. The number of morpholine rings is 1. The molecule has 2 aromatic carbocycles. The molecule has 0 radical (unpaired) electrons. The third kappa shape index (κ3) is 3.99. The largest absolute Gasteiger partial charge is 0.370 e. The second kappa shape index (κ2) is 7.55. The number of nitrogens with zero attached hydrogens (tertiary/aromatic N) is 1. The van der Waals surface area contributed by atoms with Crippen molar-refractivity contribution in [3.8, 4) is 0 Å². The van der Waals surface area contributed by atoms with Crippen LogP contribution in [0.15, 0.2) is 54.6 Å². The van der Waals surface area contributed by atoms with E-state index in [4.69, 9.17) is 10.5 Å². The van der Waals surface area contributed by atoms with Crippen LogP contribution in [-0.2, 0) is 16.0 Å². The summed E-state index contributed by atoms with van der Waals surface area (Å²) in [5.41, 5.74) is 8.01. The second-order valence-corrected chi connectivity index (χ2v) is 5.99. The Hall–Kier alpha value is -2.24. The fourth-order valence-corrected chi connectivity index (χ4v) is 2.92. The first-order valence-corrected chi connectivity index (χ1v) is 8.09. The van der Waals surface area contributed by atoms with Crippen molar-refractivity contribution in [1.82, 2.24) is 4.90 Å². The number of ether oxygens (including phenoxy) is 1. The maximum absolute atomic E-state index is 13.0. The molecule has 1 fully saturated rings. The molecule has 3 rings (SSSR count). The van der Waals surface area contributed by atoms with Crippen LogP contribution < -0.4 is 5.73 Å². The van der Waals surface area contributed by atoms with E-state index >= 15 is 0 Å².